The summed E-state index contributed by atoms with van der Waals surface area (Å²) in [6.07, 6.45) is -0.176. The summed E-state index contributed by atoms with van der Waals surface area (Å²) in [7, 11) is 0. The molecule has 8 heteroatoms. The van der Waals surface area contributed by atoms with Crippen molar-refractivity contribution in [3.8, 4) is 0 Å². The Morgan fingerprint density at radius 1 is 0.909 bits per heavy atom. The molecule has 2 heterocycles. The summed E-state index contributed by atoms with van der Waals surface area (Å²) in [6.45, 7) is 2.03. The molecule has 0 unspecified atom stereocenters. The van der Waals surface area contributed by atoms with Crippen LogP contribution in [0.4, 0.5) is 17.1 Å². The fourth-order valence-electron chi connectivity index (χ4n) is 4.51. The minimum absolute atomic E-state index is 0.0901. The molecule has 166 valence electrons. The third-order valence-electron chi connectivity index (χ3n) is 6.15. The summed E-state index contributed by atoms with van der Waals surface area (Å²) in [5.41, 5.74) is 2.68. The number of nitrogens with zero attached hydrogens (tertiary/aromatic N) is 3. The van der Waals surface area contributed by atoms with Gasteiger partial charge < -0.3 is 0 Å². The van der Waals surface area contributed by atoms with E-state index in [-0.39, 0.29) is 11.6 Å². The van der Waals surface area contributed by atoms with E-state index in [0.717, 1.165) is 12.0 Å². The van der Waals surface area contributed by atoms with Crippen molar-refractivity contribution >= 4 is 28.9 Å². The van der Waals surface area contributed by atoms with E-state index >= 15 is 0 Å². The van der Waals surface area contributed by atoms with Crippen LogP contribution in [0.15, 0.2) is 78.9 Å². The molecular weight excluding hydrogens is 422 g/mol. The lowest BCUT2D eigenvalue weighted by molar-refractivity contribution is -0.384. The Labute approximate surface area is 190 Å². The number of anilines is 2. The van der Waals surface area contributed by atoms with Gasteiger partial charge in [-0.15, -0.1) is 0 Å². The first-order valence-electron chi connectivity index (χ1n) is 10.7. The number of non-ortho nitro benzene ring substituents is 1. The molecule has 8 nitrogen and oxygen atoms in total. The number of benzene rings is 3. The number of imide groups is 1. The van der Waals surface area contributed by atoms with Crippen LogP contribution in [0.1, 0.15) is 24.1 Å². The molecule has 2 aliphatic heterocycles. The van der Waals surface area contributed by atoms with E-state index in [0.29, 0.717) is 16.9 Å². The Bertz CT molecular complexity index is 1230. The van der Waals surface area contributed by atoms with Crippen molar-refractivity contribution in [1.29, 1.82) is 0 Å². The summed E-state index contributed by atoms with van der Waals surface area (Å²) < 4.78 is 0. The molecular formula is C25H21N3O5. The van der Waals surface area contributed by atoms with Gasteiger partial charge in [-0.2, -0.15) is 0 Å². The fourth-order valence-corrected chi connectivity index (χ4v) is 4.51. The predicted molar refractivity (Wildman–Crippen MR) is 121 cm³/mol. The van der Waals surface area contributed by atoms with Crippen molar-refractivity contribution in [3.05, 3.63) is 100 Å². The van der Waals surface area contributed by atoms with E-state index in [2.05, 4.69) is 0 Å². The second-order valence-electron chi connectivity index (χ2n) is 8.04. The van der Waals surface area contributed by atoms with E-state index in [1.54, 1.807) is 24.3 Å². The minimum Gasteiger partial charge on any atom is -0.273 e. The summed E-state index contributed by atoms with van der Waals surface area (Å²) in [5.74, 6) is -1.67. The van der Waals surface area contributed by atoms with E-state index in [4.69, 9.17) is 4.84 Å². The number of hydrogen-bond donors (Lipinski definition) is 0. The summed E-state index contributed by atoms with van der Waals surface area (Å²) in [4.78, 5) is 45.1. The highest BCUT2D eigenvalue weighted by atomic mass is 16.7. The molecule has 0 bridgehead atoms. The third kappa shape index (κ3) is 3.44. The Morgan fingerprint density at radius 2 is 1.64 bits per heavy atom. The van der Waals surface area contributed by atoms with Crippen LogP contribution in [0.5, 0.6) is 0 Å². The maximum absolute atomic E-state index is 13.6. The highest BCUT2D eigenvalue weighted by molar-refractivity contribution is 6.23. The standard InChI is InChI=1S/C25H21N3O5/c1-2-16-11-13-18(14-12-16)26-24(29)21-22(17-7-6-10-20(15-17)28(31)32)27(33-23(21)25(26)30)19-8-4-3-5-9-19/h3-15,21-23H,2H2,1H3/t21-,22+,23+/m0/s1. The van der Waals surface area contributed by atoms with Crippen LogP contribution in [-0.4, -0.2) is 22.8 Å². The van der Waals surface area contributed by atoms with E-state index in [9.17, 15) is 19.7 Å². The number of rotatable bonds is 5. The van der Waals surface area contributed by atoms with Crippen LogP contribution in [0.25, 0.3) is 0 Å². The monoisotopic (exact) mass is 443 g/mol. The first kappa shape index (κ1) is 20.8. The molecule has 33 heavy (non-hydrogen) atoms. The molecule has 2 aliphatic rings. The molecule has 0 N–H and O–H groups in total. The lowest BCUT2D eigenvalue weighted by atomic mass is 9.90. The van der Waals surface area contributed by atoms with Gasteiger partial charge in [-0.25, -0.2) is 9.96 Å². The van der Waals surface area contributed by atoms with Crippen LogP contribution in [0.3, 0.4) is 0 Å². The van der Waals surface area contributed by atoms with Gasteiger partial charge in [-0.1, -0.05) is 49.4 Å². The number of carbonyl (C=O) groups is 2. The summed E-state index contributed by atoms with van der Waals surface area (Å²) in [6, 6.07) is 21.8. The number of hydrogen-bond acceptors (Lipinski definition) is 6. The first-order valence-corrected chi connectivity index (χ1v) is 10.7. The van der Waals surface area contributed by atoms with Gasteiger partial charge in [0.1, 0.15) is 5.92 Å². The number of aryl methyl sites for hydroxylation is 1. The average molecular weight is 443 g/mol. The predicted octanol–water partition coefficient (Wildman–Crippen LogP) is 4.21. The highest BCUT2D eigenvalue weighted by Crippen LogP contribution is 2.47. The lowest BCUT2D eigenvalue weighted by Gasteiger charge is -2.28. The van der Waals surface area contributed by atoms with Crippen molar-refractivity contribution < 1.29 is 19.3 Å². The maximum atomic E-state index is 13.6. The number of para-hydroxylation sites is 1. The van der Waals surface area contributed by atoms with E-state index in [1.165, 1.54) is 22.1 Å². The average Bonchev–Trinajstić information content (AvgIpc) is 3.36. The fraction of sp³-hybridized carbons (Fsp3) is 0.200. The molecule has 2 fully saturated rings. The molecule has 5 rings (SSSR count). The van der Waals surface area contributed by atoms with Gasteiger partial charge in [0.15, 0.2) is 6.10 Å². The normalized spacial score (nSPS) is 22.0. The second kappa shape index (κ2) is 8.14. The van der Waals surface area contributed by atoms with Crippen LogP contribution < -0.4 is 9.96 Å². The molecule has 0 aliphatic carbocycles. The van der Waals surface area contributed by atoms with Crippen molar-refractivity contribution in [3.63, 3.8) is 0 Å². The zero-order valence-corrected chi connectivity index (χ0v) is 17.8. The van der Waals surface area contributed by atoms with Crippen molar-refractivity contribution in [2.75, 3.05) is 9.96 Å². The van der Waals surface area contributed by atoms with Gasteiger partial charge in [0.05, 0.1) is 22.3 Å². The molecule has 2 amide bonds. The maximum Gasteiger partial charge on any atom is 0.269 e. The Kier molecular flexibility index (Phi) is 5.14. The van der Waals surface area contributed by atoms with Gasteiger partial charge in [0.25, 0.3) is 11.6 Å². The molecule has 2 saturated heterocycles. The zero-order valence-electron chi connectivity index (χ0n) is 17.8. The van der Waals surface area contributed by atoms with E-state index in [1.807, 2.05) is 49.4 Å². The Morgan fingerprint density at radius 3 is 2.30 bits per heavy atom. The smallest absolute Gasteiger partial charge is 0.269 e. The van der Waals surface area contributed by atoms with Crippen molar-refractivity contribution in [1.82, 2.24) is 0 Å². The largest absolute Gasteiger partial charge is 0.273 e. The highest BCUT2D eigenvalue weighted by Gasteiger charge is 2.60. The van der Waals surface area contributed by atoms with Crippen LogP contribution in [0.2, 0.25) is 0 Å². The quantitative estimate of drug-likeness (QED) is 0.333. The number of nitro groups is 1. The molecule has 0 spiro atoms. The SMILES string of the molecule is CCc1ccc(N2C(=O)[C@H]3[C@@H](c4cccc([N+](=O)[O-])c4)N(c4ccccc4)O[C@H]3C2=O)cc1. The van der Waals surface area contributed by atoms with Crippen LogP contribution in [0, 0.1) is 16.0 Å². The minimum atomic E-state index is -1.02. The molecule has 0 aromatic heterocycles. The summed E-state index contributed by atoms with van der Waals surface area (Å²) in [5, 5.41) is 12.9. The molecule has 0 saturated carbocycles. The second-order valence-corrected chi connectivity index (χ2v) is 8.04. The van der Waals surface area contributed by atoms with Gasteiger partial charge in [-0.3, -0.25) is 24.5 Å². The Balaban J connectivity index is 1.58. The molecule has 0 radical (unpaired) electrons. The van der Waals surface area contributed by atoms with Gasteiger partial charge >= 0.3 is 0 Å². The molecule has 3 atom stereocenters. The van der Waals surface area contributed by atoms with Crippen molar-refractivity contribution in [2.45, 2.75) is 25.5 Å². The Hall–Kier alpha value is -4.04. The lowest BCUT2D eigenvalue weighted by Crippen LogP contribution is -2.37. The first-order chi connectivity index (χ1) is 16.0. The number of nitro benzene ring substituents is 1. The molecule has 3 aromatic rings. The number of amides is 2. The van der Waals surface area contributed by atoms with Crippen molar-refractivity contribution in [2.24, 2.45) is 5.92 Å². The summed E-state index contributed by atoms with van der Waals surface area (Å²) >= 11 is 0. The van der Waals surface area contributed by atoms with Crippen LogP contribution in [-0.2, 0) is 20.8 Å². The zero-order chi connectivity index (χ0) is 23.1. The van der Waals surface area contributed by atoms with E-state index < -0.39 is 28.9 Å². The topological polar surface area (TPSA) is 93.0 Å². The number of fused-ring (bicyclic) bond motifs is 1. The third-order valence-corrected chi connectivity index (χ3v) is 6.15. The van der Waals surface area contributed by atoms with Gasteiger partial charge in [0.2, 0.25) is 5.91 Å². The molecule has 3 aromatic carbocycles. The van der Waals surface area contributed by atoms with Gasteiger partial charge in [0, 0.05) is 12.1 Å². The number of carbonyl (C=O) groups excluding carboxylic acids is 2. The van der Waals surface area contributed by atoms with Gasteiger partial charge in [-0.05, 0) is 41.8 Å². The van der Waals surface area contributed by atoms with Crippen LogP contribution >= 0.6 is 0 Å². The number of hydroxylamine groups is 1.